The number of halogens is 2. The Morgan fingerprint density at radius 3 is 1.38 bits per heavy atom. The number of sulfonamides is 2. The van der Waals surface area contributed by atoms with Gasteiger partial charge in [0.25, 0.3) is 0 Å². The predicted molar refractivity (Wildman–Crippen MR) is 153 cm³/mol. The van der Waals surface area contributed by atoms with E-state index in [0.29, 0.717) is 0 Å². The van der Waals surface area contributed by atoms with Crippen molar-refractivity contribution in [3.8, 4) is 0 Å². The average molecular weight is 754 g/mol. The molecule has 2 aliphatic rings. The molecule has 0 aromatic heterocycles. The molecule has 0 saturated carbocycles. The summed E-state index contributed by atoms with van der Waals surface area (Å²) in [5.41, 5.74) is -0.197. The Bertz CT molecular complexity index is 1460. The van der Waals surface area contributed by atoms with Gasteiger partial charge in [0, 0.05) is 35.1 Å². The van der Waals surface area contributed by atoms with Crippen LogP contribution < -0.4 is 0 Å². The van der Waals surface area contributed by atoms with Crippen LogP contribution in [-0.4, -0.2) is 109 Å². The van der Waals surface area contributed by atoms with Crippen molar-refractivity contribution in [1.82, 2.24) is 8.61 Å². The number of hydrogen-bond donors (Lipinski definition) is 0. The van der Waals surface area contributed by atoms with E-state index in [4.69, 9.17) is 18.9 Å². The van der Waals surface area contributed by atoms with Gasteiger partial charge in [-0.15, -0.1) is 0 Å². The van der Waals surface area contributed by atoms with Gasteiger partial charge in [0.15, 0.2) is 13.2 Å². The molecule has 2 aromatic rings. The van der Waals surface area contributed by atoms with Gasteiger partial charge in [0.2, 0.25) is 25.8 Å². The van der Waals surface area contributed by atoms with Crippen LogP contribution in [0.3, 0.4) is 0 Å². The second-order valence-electron chi connectivity index (χ2n) is 9.01. The quantitative estimate of drug-likeness (QED) is 0.326. The van der Waals surface area contributed by atoms with Crippen LogP contribution >= 0.6 is 31.9 Å². The highest BCUT2D eigenvalue weighted by Crippen LogP contribution is 2.28. The molecule has 0 atom stereocenters. The second-order valence-corrected chi connectivity index (χ2v) is 14.5. The van der Waals surface area contributed by atoms with Crippen molar-refractivity contribution in [2.45, 2.75) is 9.79 Å². The van der Waals surface area contributed by atoms with Crippen LogP contribution in [0.25, 0.3) is 0 Å². The number of carbonyl (C=O) groups excluding carboxylic acids is 3. The van der Waals surface area contributed by atoms with Crippen molar-refractivity contribution < 1.29 is 50.2 Å². The highest BCUT2D eigenvalue weighted by atomic mass is 79.9. The van der Waals surface area contributed by atoms with E-state index in [1.54, 1.807) is 0 Å². The molecule has 2 fully saturated rings. The van der Waals surface area contributed by atoms with Gasteiger partial charge in [-0.05, 0) is 68.3 Å². The zero-order chi connectivity index (χ0) is 30.5. The minimum absolute atomic E-state index is 0.0984. The number of ketones is 1. The largest absolute Gasteiger partial charge is 0.454 e. The van der Waals surface area contributed by atoms with Crippen molar-refractivity contribution in [3.05, 3.63) is 56.5 Å². The number of esters is 2. The topological polar surface area (TPSA) is 163 Å². The van der Waals surface area contributed by atoms with Crippen molar-refractivity contribution in [2.24, 2.45) is 0 Å². The van der Waals surface area contributed by atoms with Crippen LogP contribution in [0, 0.1) is 0 Å². The fourth-order valence-electron chi connectivity index (χ4n) is 4.01. The van der Waals surface area contributed by atoms with Crippen LogP contribution in [0.1, 0.15) is 20.7 Å². The van der Waals surface area contributed by atoms with Crippen LogP contribution in [0.4, 0.5) is 0 Å². The van der Waals surface area contributed by atoms with Crippen LogP contribution in [-0.2, 0) is 43.8 Å². The Balaban J connectivity index is 1.34. The molecule has 0 amide bonds. The van der Waals surface area contributed by atoms with Gasteiger partial charge in [-0.3, -0.25) is 4.79 Å². The lowest BCUT2D eigenvalue weighted by molar-refractivity contribution is -0.125. The first-order chi connectivity index (χ1) is 19.9. The second kappa shape index (κ2) is 14.0. The molecule has 4 rings (SSSR count). The van der Waals surface area contributed by atoms with Gasteiger partial charge in [0.05, 0.1) is 47.3 Å². The van der Waals surface area contributed by atoms with Crippen LogP contribution in [0.2, 0.25) is 0 Å². The molecule has 2 heterocycles. The minimum atomic E-state index is -3.92. The van der Waals surface area contributed by atoms with Gasteiger partial charge < -0.3 is 18.9 Å². The first-order valence-corrected chi connectivity index (χ1v) is 17.0. The monoisotopic (exact) mass is 752 g/mol. The third kappa shape index (κ3) is 7.63. The van der Waals surface area contributed by atoms with E-state index in [1.807, 2.05) is 0 Å². The molecule has 0 radical (unpaired) electrons. The van der Waals surface area contributed by atoms with Crippen molar-refractivity contribution in [1.29, 1.82) is 0 Å². The van der Waals surface area contributed by atoms with E-state index in [1.165, 1.54) is 32.9 Å². The summed E-state index contributed by atoms with van der Waals surface area (Å²) < 4.78 is 75.5. The van der Waals surface area contributed by atoms with Crippen molar-refractivity contribution >= 4 is 69.6 Å². The SMILES string of the molecule is O=C(COC(=O)c1ccc(Br)c(S(=O)(=O)N2CCOCC2)c1)COC(=O)c1ccc(Br)c(S(=O)(=O)N2CCOCC2)c1. The summed E-state index contributed by atoms with van der Waals surface area (Å²) in [7, 11) is -7.84. The highest BCUT2D eigenvalue weighted by Gasteiger charge is 2.30. The lowest BCUT2D eigenvalue weighted by Gasteiger charge is -2.26. The highest BCUT2D eigenvalue weighted by molar-refractivity contribution is 9.10. The summed E-state index contributed by atoms with van der Waals surface area (Å²) in [5.74, 6) is -2.66. The maximum Gasteiger partial charge on any atom is 0.338 e. The van der Waals surface area contributed by atoms with Gasteiger partial charge >= 0.3 is 11.9 Å². The van der Waals surface area contributed by atoms with Gasteiger partial charge in [-0.1, -0.05) is 0 Å². The molecule has 228 valence electrons. The van der Waals surface area contributed by atoms with E-state index in [9.17, 15) is 31.2 Å². The van der Waals surface area contributed by atoms with Gasteiger partial charge in [0.1, 0.15) is 0 Å². The molecular formula is C25H26Br2N2O11S2. The first kappa shape index (κ1) is 32.7. The molecule has 0 unspecified atom stereocenters. The summed E-state index contributed by atoms with van der Waals surface area (Å²) in [6.45, 7) is 0.191. The average Bonchev–Trinajstić information content (AvgIpc) is 2.99. The Labute approximate surface area is 259 Å². The molecule has 17 heteroatoms. The summed E-state index contributed by atoms with van der Waals surface area (Å²) in [6.07, 6.45) is 0. The van der Waals surface area contributed by atoms with Crippen molar-refractivity contribution in [3.63, 3.8) is 0 Å². The Morgan fingerprint density at radius 2 is 1.02 bits per heavy atom. The van der Waals surface area contributed by atoms with E-state index in [-0.39, 0.29) is 82.5 Å². The number of Topliss-reactive ketones (excluding diaryl/α,β-unsaturated/α-hetero) is 1. The van der Waals surface area contributed by atoms with E-state index in [2.05, 4.69) is 31.9 Å². The van der Waals surface area contributed by atoms with Gasteiger partial charge in [-0.25, -0.2) is 26.4 Å². The number of benzene rings is 2. The molecule has 0 spiro atoms. The van der Waals surface area contributed by atoms with E-state index < -0.39 is 51.0 Å². The summed E-state index contributed by atoms with van der Waals surface area (Å²) in [5, 5.41) is 0. The molecule has 2 saturated heterocycles. The lowest BCUT2D eigenvalue weighted by atomic mass is 10.2. The number of nitrogens with zero attached hydrogens (tertiary/aromatic N) is 2. The molecule has 2 aliphatic heterocycles. The number of hydrogen-bond acceptors (Lipinski definition) is 11. The number of ether oxygens (including phenoxy) is 4. The number of morpholine rings is 2. The Hall–Kier alpha value is -2.25. The fraction of sp³-hybridized carbons (Fsp3) is 0.400. The third-order valence-electron chi connectivity index (χ3n) is 6.24. The molecule has 2 aromatic carbocycles. The fourth-order valence-corrected chi connectivity index (χ4v) is 8.73. The zero-order valence-electron chi connectivity index (χ0n) is 22.0. The minimum Gasteiger partial charge on any atom is -0.454 e. The Morgan fingerprint density at radius 1 is 0.667 bits per heavy atom. The maximum atomic E-state index is 13.0. The van der Waals surface area contributed by atoms with E-state index >= 15 is 0 Å². The normalized spacial score (nSPS) is 17.0. The smallest absolute Gasteiger partial charge is 0.338 e. The van der Waals surface area contributed by atoms with Gasteiger partial charge in [-0.2, -0.15) is 8.61 Å². The van der Waals surface area contributed by atoms with Crippen LogP contribution in [0.15, 0.2) is 55.1 Å². The zero-order valence-corrected chi connectivity index (χ0v) is 26.8. The molecule has 0 aliphatic carbocycles. The maximum absolute atomic E-state index is 13.0. The summed E-state index contributed by atoms with van der Waals surface area (Å²) in [4.78, 5) is 37.2. The van der Waals surface area contributed by atoms with Crippen molar-refractivity contribution in [2.75, 3.05) is 65.8 Å². The molecule has 13 nitrogen and oxygen atoms in total. The first-order valence-electron chi connectivity index (χ1n) is 12.5. The van der Waals surface area contributed by atoms with E-state index in [0.717, 1.165) is 12.1 Å². The number of rotatable bonds is 10. The van der Waals surface area contributed by atoms with Crippen LogP contribution in [0.5, 0.6) is 0 Å². The lowest BCUT2D eigenvalue weighted by Crippen LogP contribution is -2.40. The molecule has 0 N–H and O–H groups in total. The third-order valence-corrected chi connectivity index (χ3v) is 12.0. The molecule has 42 heavy (non-hydrogen) atoms. The predicted octanol–water partition coefficient (Wildman–Crippen LogP) is 1.84. The Kier molecular flexibility index (Phi) is 10.9. The summed E-state index contributed by atoms with van der Waals surface area (Å²) >= 11 is 6.40. The number of carbonyl (C=O) groups is 3. The molecular weight excluding hydrogens is 728 g/mol. The standard InChI is InChI=1S/C25H26Br2N2O11S2/c26-20-3-1-17(13-22(20)41(33,34)28-5-9-37-10-6-28)24(31)39-15-19(30)16-40-25(32)18-2-4-21(27)23(14-18)42(35,36)29-7-11-38-12-8-29/h1-4,13-14H,5-12,15-16H2. The summed E-state index contributed by atoms with van der Waals surface area (Å²) in [6, 6.07) is 7.75. The molecule has 0 bridgehead atoms.